The molecule has 6 heteroatoms. The molecule has 3 aromatic rings. The Morgan fingerprint density at radius 2 is 2.42 bits per heavy atom. The molecule has 0 N–H and O–H groups in total. The summed E-state index contributed by atoms with van der Waals surface area (Å²) in [6.45, 7) is 0.968. The zero-order valence-electron chi connectivity index (χ0n) is 10.2. The number of hydrogen-bond acceptors (Lipinski definition) is 5. The van der Waals surface area contributed by atoms with Crippen LogP contribution in [-0.4, -0.2) is 19.7 Å². The number of aromatic nitrogens is 4. The lowest BCUT2D eigenvalue weighted by atomic mass is 9.96. The molecular weight excluding hydrogens is 260 g/mol. The van der Waals surface area contributed by atoms with Crippen LogP contribution in [0, 0.1) is 0 Å². The number of aryl methyl sites for hydroxylation is 1. The van der Waals surface area contributed by atoms with Crippen molar-refractivity contribution in [3.8, 4) is 11.4 Å². The van der Waals surface area contributed by atoms with Crippen LogP contribution in [0.4, 0.5) is 0 Å². The second kappa shape index (κ2) is 4.31. The predicted octanol–water partition coefficient (Wildman–Crippen LogP) is 2.72. The van der Waals surface area contributed by atoms with Gasteiger partial charge in [-0.15, -0.1) is 0 Å². The summed E-state index contributed by atoms with van der Waals surface area (Å²) >= 11 is 1.64. The molecule has 0 radical (unpaired) electrons. The molecule has 0 saturated heterocycles. The second-order valence-electron chi connectivity index (χ2n) is 4.74. The van der Waals surface area contributed by atoms with Crippen LogP contribution < -0.4 is 0 Å². The van der Waals surface area contributed by atoms with Gasteiger partial charge in [0, 0.05) is 41.7 Å². The summed E-state index contributed by atoms with van der Waals surface area (Å²) in [4.78, 5) is 8.71. The highest BCUT2D eigenvalue weighted by Crippen LogP contribution is 2.29. The molecule has 19 heavy (non-hydrogen) atoms. The Balaban J connectivity index is 1.61. The molecule has 0 aromatic carbocycles. The van der Waals surface area contributed by atoms with Gasteiger partial charge in [-0.3, -0.25) is 0 Å². The molecule has 0 amide bonds. The van der Waals surface area contributed by atoms with Crippen LogP contribution in [0.5, 0.6) is 0 Å². The van der Waals surface area contributed by atoms with Crippen LogP contribution in [-0.2, 0) is 13.0 Å². The summed E-state index contributed by atoms with van der Waals surface area (Å²) in [7, 11) is 0. The van der Waals surface area contributed by atoms with Crippen LogP contribution in [0.2, 0.25) is 0 Å². The molecule has 1 aliphatic rings. The Hall–Kier alpha value is -1.95. The minimum absolute atomic E-state index is 0.309. The molecule has 0 unspecified atom stereocenters. The minimum Gasteiger partial charge on any atom is -0.339 e. The van der Waals surface area contributed by atoms with Gasteiger partial charge in [0.05, 0.1) is 6.33 Å². The van der Waals surface area contributed by atoms with Crippen LogP contribution >= 0.6 is 11.3 Å². The second-order valence-corrected chi connectivity index (χ2v) is 5.52. The lowest BCUT2D eigenvalue weighted by Crippen LogP contribution is -2.17. The highest BCUT2D eigenvalue weighted by Gasteiger charge is 2.25. The minimum atomic E-state index is 0.309. The van der Waals surface area contributed by atoms with Crippen molar-refractivity contribution >= 4 is 11.3 Å². The van der Waals surface area contributed by atoms with Gasteiger partial charge in [0.2, 0.25) is 11.7 Å². The van der Waals surface area contributed by atoms with Crippen LogP contribution in [0.3, 0.4) is 0 Å². The average molecular weight is 272 g/mol. The van der Waals surface area contributed by atoms with Crippen molar-refractivity contribution < 1.29 is 4.52 Å². The van der Waals surface area contributed by atoms with Gasteiger partial charge < -0.3 is 9.09 Å². The van der Waals surface area contributed by atoms with Crippen LogP contribution in [0.15, 0.2) is 33.9 Å². The van der Waals surface area contributed by atoms with Gasteiger partial charge in [-0.2, -0.15) is 16.3 Å². The number of hydrogen-bond donors (Lipinski definition) is 0. The topological polar surface area (TPSA) is 56.7 Å². The van der Waals surface area contributed by atoms with E-state index in [1.807, 2.05) is 29.4 Å². The normalized spacial score (nSPS) is 18.4. The monoisotopic (exact) mass is 272 g/mol. The quantitative estimate of drug-likeness (QED) is 0.719. The first kappa shape index (κ1) is 10.9. The third-order valence-electron chi connectivity index (χ3n) is 3.54. The van der Waals surface area contributed by atoms with E-state index in [9.17, 15) is 0 Å². The van der Waals surface area contributed by atoms with Crippen LogP contribution in [0.25, 0.3) is 11.4 Å². The van der Waals surface area contributed by atoms with Crippen molar-refractivity contribution in [3.63, 3.8) is 0 Å². The molecule has 96 valence electrons. The van der Waals surface area contributed by atoms with E-state index >= 15 is 0 Å². The van der Waals surface area contributed by atoms with Gasteiger partial charge in [-0.05, 0) is 17.9 Å². The molecule has 4 heterocycles. The SMILES string of the molecule is c1cc(-c2noc([C@H]3CCn4cncc4C3)n2)cs1. The van der Waals surface area contributed by atoms with E-state index in [1.165, 1.54) is 5.69 Å². The molecule has 1 aliphatic heterocycles. The number of fused-ring (bicyclic) bond motifs is 1. The summed E-state index contributed by atoms with van der Waals surface area (Å²) in [5.41, 5.74) is 2.27. The van der Waals surface area contributed by atoms with E-state index in [-0.39, 0.29) is 0 Å². The number of imidazole rings is 1. The Kier molecular flexibility index (Phi) is 2.48. The molecule has 0 bridgehead atoms. The van der Waals surface area contributed by atoms with Crippen molar-refractivity contribution in [1.29, 1.82) is 0 Å². The summed E-state index contributed by atoms with van der Waals surface area (Å²) in [6, 6.07) is 2.01. The fourth-order valence-corrected chi connectivity index (χ4v) is 3.12. The fraction of sp³-hybridized carbons (Fsp3) is 0.308. The lowest BCUT2D eigenvalue weighted by molar-refractivity contribution is 0.325. The third kappa shape index (κ3) is 1.88. The van der Waals surface area contributed by atoms with E-state index in [0.29, 0.717) is 11.7 Å². The van der Waals surface area contributed by atoms with E-state index in [1.54, 1.807) is 11.3 Å². The van der Waals surface area contributed by atoms with Crippen molar-refractivity contribution in [2.75, 3.05) is 0 Å². The standard InChI is InChI=1S/C13H12N4OS/c1-3-17-8-14-6-11(17)5-9(1)13-15-12(16-18-13)10-2-4-19-7-10/h2,4,6-9H,1,3,5H2/t9-/m0/s1. The third-order valence-corrected chi connectivity index (χ3v) is 4.23. The predicted molar refractivity (Wildman–Crippen MR) is 70.9 cm³/mol. The lowest BCUT2D eigenvalue weighted by Gasteiger charge is -2.20. The van der Waals surface area contributed by atoms with Gasteiger partial charge in [0.1, 0.15) is 0 Å². The highest BCUT2D eigenvalue weighted by atomic mass is 32.1. The summed E-state index contributed by atoms with van der Waals surface area (Å²) in [5, 5.41) is 8.13. The first-order valence-corrected chi connectivity index (χ1v) is 7.19. The summed E-state index contributed by atoms with van der Waals surface area (Å²) < 4.78 is 7.62. The molecule has 0 spiro atoms. The maximum atomic E-state index is 5.43. The molecule has 0 saturated carbocycles. The molecule has 0 fully saturated rings. The summed E-state index contributed by atoms with van der Waals surface area (Å²) in [5.74, 6) is 1.74. The largest absolute Gasteiger partial charge is 0.339 e. The molecular formula is C13H12N4OS. The van der Waals surface area contributed by atoms with Gasteiger partial charge in [0.15, 0.2) is 0 Å². The Bertz CT molecular complexity index is 685. The maximum absolute atomic E-state index is 5.43. The van der Waals surface area contributed by atoms with E-state index in [4.69, 9.17) is 4.52 Å². The Labute approximate surface area is 113 Å². The number of rotatable bonds is 2. The zero-order chi connectivity index (χ0) is 12.7. The van der Waals surface area contributed by atoms with E-state index in [2.05, 4.69) is 19.7 Å². The Morgan fingerprint density at radius 3 is 3.32 bits per heavy atom. The Morgan fingerprint density at radius 1 is 1.42 bits per heavy atom. The molecule has 0 aliphatic carbocycles. The number of thiophene rings is 1. The van der Waals surface area contributed by atoms with Gasteiger partial charge in [-0.25, -0.2) is 4.98 Å². The van der Waals surface area contributed by atoms with Gasteiger partial charge in [0.25, 0.3) is 0 Å². The van der Waals surface area contributed by atoms with E-state index < -0.39 is 0 Å². The van der Waals surface area contributed by atoms with Crippen molar-refractivity contribution in [1.82, 2.24) is 19.7 Å². The van der Waals surface area contributed by atoms with Crippen molar-refractivity contribution in [2.45, 2.75) is 25.3 Å². The molecule has 1 atom stereocenters. The first-order valence-electron chi connectivity index (χ1n) is 6.25. The molecule has 3 aromatic heterocycles. The zero-order valence-corrected chi connectivity index (χ0v) is 11.0. The molecule has 5 nitrogen and oxygen atoms in total. The summed E-state index contributed by atoms with van der Waals surface area (Å²) in [6.07, 6.45) is 5.75. The fourth-order valence-electron chi connectivity index (χ4n) is 2.49. The van der Waals surface area contributed by atoms with Gasteiger partial charge >= 0.3 is 0 Å². The maximum Gasteiger partial charge on any atom is 0.230 e. The van der Waals surface area contributed by atoms with Crippen molar-refractivity contribution in [3.05, 3.63) is 40.9 Å². The smallest absolute Gasteiger partial charge is 0.230 e. The van der Waals surface area contributed by atoms with Gasteiger partial charge in [-0.1, -0.05) is 5.16 Å². The van der Waals surface area contributed by atoms with E-state index in [0.717, 1.165) is 30.8 Å². The van der Waals surface area contributed by atoms with Crippen molar-refractivity contribution in [2.24, 2.45) is 0 Å². The number of nitrogens with zero attached hydrogens (tertiary/aromatic N) is 4. The first-order chi connectivity index (χ1) is 9.40. The molecule has 4 rings (SSSR count). The average Bonchev–Trinajstić information content (AvgIpc) is 3.18. The van der Waals surface area contributed by atoms with Crippen LogP contribution in [0.1, 0.15) is 23.9 Å². The highest BCUT2D eigenvalue weighted by molar-refractivity contribution is 7.08.